The first-order valence-corrected chi connectivity index (χ1v) is 11.3. The molecule has 2 amide bonds. The Hall–Kier alpha value is -3.62. The molecule has 1 aliphatic heterocycles. The van der Waals surface area contributed by atoms with Crippen LogP contribution in [0.15, 0.2) is 53.4 Å². The van der Waals surface area contributed by atoms with E-state index in [2.05, 4.69) is 10.6 Å². The summed E-state index contributed by atoms with van der Waals surface area (Å²) in [6, 6.07) is 14.0. The van der Waals surface area contributed by atoms with E-state index in [1.807, 2.05) is 6.07 Å². The minimum atomic E-state index is -3.95. The summed E-state index contributed by atoms with van der Waals surface area (Å²) in [4.78, 5) is 24.5. The molecule has 0 spiro atoms. The van der Waals surface area contributed by atoms with E-state index in [4.69, 9.17) is 10.00 Å². The monoisotopic (exact) mass is 458 g/mol. The number of hydrogen-bond acceptors (Lipinski definition) is 7. The highest BCUT2D eigenvalue weighted by atomic mass is 32.2. The van der Waals surface area contributed by atoms with Crippen LogP contribution < -0.4 is 15.4 Å². The van der Waals surface area contributed by atoms with Crippen molar-refractivity contribution in [3.8, 4) is 11.8 Å². The molecule has 32 heavy (non-hydrogen) atoms. The van der Waals surface area contributed by atoms with Gasteiger partial charge in [-0.25, -0.2) is 13.2 Å². The van der Waals surface area contributed by atoms with Gasteiger partial charge < -0.3 is 20.5 Å². The average Bonchev–Trinajstić information content (AvgIpc) is 2.82. The van der Waals surface area contributed by atoms with Crippen LogP contribution in [0, 0.1) is 11.3 Å². The minimum Gasteiger partial charge on any atom is -0.492 e. The molecule has 1 heterocycles. The Bertz CT molecular complexity index is 1130. The lowest BCUT2D eigenvalue weighted by Gasteiger charge is -2.33. The Morgan fingerprint density at radius 2 is 2.00 bits per heavy atom. The number of ether oxygens (including phenoxy) is 1. The predicted molar refractivity (Wildman–Crippen MR) is 114 cm³/mol. The van der Waals surface area contributed by atoms with Gasteiger partial charge in [-0.15, -0.1) is 0 Å². The van der Waals surface area contributed by atoms with Crippen LogP contribution in [-0.2, 0) is 9.84 Å². The minimum absolute atomic E-state index is 0.00581. The molecule has 0 bridgehead atoms. The van der Waals surface area contributed by atoms with Gasteiger partial charge in [0.1, 0.15) is 12.4 Å². The lowest BCUT2D eigenvalue weighted by atomic mass is 10.2. The lowest BCUT2D eigenvalue weighted by molar-refractivity contribution is 0.0946. The Labute approximate surface area is 185 Å². The Morgan fingerprint density at radius 1 is 1.25 bits per heavy atom. The molecule has 0 aliphatic carbocycles. The molecule has 1 fully saturated rings. The van der Waals surface area contributed by atoms with Crippen molar-refractivity contribution in [1.82, 2.24) is 15.5 Å². The molecule has 1 aliphatic rings. The molecule has 0 saturated carbocycles. The predicted octanol–water partition coefficient (Wildman–Crippen LogP) is 1.05. The van der Waals surface area contributed by atoms with Crippen LogP contribution in [0.1, 0.15) is 15.9 Å². The largest absolute Gasteiger partial charge is 0.492 e. The summed E-state index contributed by atoms with van der Waals surface area (Å²) < 4.78 is 31.3. The molecule has 1 unspecified atom stereocenters. The molecule has 2 aromatic rings. The van der Waals surface area contributed by atoms with Crippen molar-refractivity contribution < 1.29 is 27.9 Å². The molecule has 0 radical (unpaired) electrons. The second kappa shape index (κ2) is 10.1. The van der Waals surface area contributed by atoms with Gasteiger partial charge in [-0.1, -0.05) is 6.07 Å². The van der Waals surface area contributed by atoms with Crippen LogP contribution in [0.25, 0.3) is 0 Å². The molecule has 3 N–H and O–H groups in total. The van der Waals surface area contributed by atoms with Crippen LogP contribution in [0.2, 0.25) is 0 Å². The van der Waals surface area contributed by atoms with Crippen LogP contribution in [-0.4, -0.2) is 68.6 Å². The number of carbonyl (C=O) groups excluding carboxylic acids is 1. The van der Waals surface area contributed by atoms with Crippen molar-refractivity contribution >= 4 is 21.8 Å². The normalized spacial score (nSPS) is 16.1. The zero-order chi connectivity index (χ0) is 23.1. The molecule has 2 aromatic carbocycles. The van der Waals surface area contributed by atoms with Crippen molar-refractivity contribution in [2.45, 2.75) is 10.3 Å². The van der Waals surface area contributed by atoms with E-state index in [1.54, 1.807) is 24.3 Å². The van der Waals surface area contributed by atoms with E-state index in [1.165, 1.54) is 24.3 Å². The van der Waals surface area contributed by atoms with Gasteiger partial charge in [0.2, 0.25) is 9.84 Å². The second-order valence-electron chi connectivity index (χ2n) is 6.95. The third-order valence-corrected chi connectivity index (χ3v) is 6.93. The number of sulfone groups is 1. The van der Waals surface area contributed by atoms with Gasteiger partial charge in [-0.3, -0.25) is 9.69 Å². The van der Waals surface area contributed by atoms with Gasteiger partial charge in [-0.05, 0) is 42.5 Å². The highest BCUT2D eigenvalue weighted by molar-refractivity contribution is 7.92. The number of nitrogens with one attached hydrogen (secondary N) is 2. The standard InChI is InChI=1S/C21H22N4O6S/c22-13-15-2-1-3-17(12-15)31-11-9-24-20(26)16-4-6-18(7-5-16)32(29,30)19-14-23-8-10-25(19)21(27)28/h1-7,12,19,23H,8-11,14H2,(H,24,26)(H,27,28). The summed E-state index contributed by atoms with van der Waals surface area (Å²) in [6.07, 6.45) is -1.29. The van der Waals surface area contributed by atoms with Crippen LogP contribution in [0.5, 0.6) is 5.75 Å². The molecule has 0 aromatic heterocycles. The summed E-state index contributed by atoms with van der Waals surface area (Å²) in [5, 5.41) is 22.5. The quantitative estimate of drug-likeness (QED) is 0.521. The Balaban J connectivity index is 1.58. The number of amides is 2. The fraction of sp³-hybridized carbons (Fsp3) is 0.286. The summed E-state index contributed by atoms with van der Waals surface area (Å²) in [6.45, 7) is 0.839. The van der Waals surface area contributed by atoms with E-state index >= 15 is 0 Å². The number of piperazine rings is 1. The first-order valence-electron chi connectivity index (χ1n) is 9.78. The molecule has 1 saturated heterocycles. The van der Waals surface area contributed by atoms with Crippen LogP contribution >= 0.6 is 0 Å². The molecule has 1 atom stereocenters. The van der Waals surface area contributed by atoms with Crippen molar-refractivity contribution in [1.29, 1.82) is 5.26 Å². The molecule has 3 rings (SSSR count). The fourth-order valence-corrected chi connectivity index (χ4v) is 4.92. The van der Waals surface area contributed by atoms with E-state index in [-0.39, 0.29) is 36.7 Å². The second-order valence-corrected chi connectivity index (χ2v) is 9.05. The highest BCUT2D eigenvalue weighted by Gasteiger charge is 2.37. The first-order chi connectivity index (χ1) is 15.3. The van der Waals surface area contributed by atoms with Crippen LogP contribution in [0.4, 0.5) is 4.79 Å². The molecule has 168 valence electrons. The molecular weight excluding hydrogens is 436 g/mol. The van der Waals surface area contributed by atoms with Gasteiger partial charge in [0.05, 0.1) is 23.1 Å². The maximum atomic E-state index is 12.9. The van der Waals surface area contributed by atoms with E-state index in [9.17, 15) is 23.1 Å². The average molecular weight is 458 g/mol. The van der Waals surface area contributed by atoms with Crippen molar-refractivity contribution in [2.75, 3.05) is 32.8 Å². The lowest BCUT2D eigenvalue weighted by Crippen LogP contribution is -2.56. The number of carbonyl (C=O) groups is 2. The van der Waals surface area contributed by atoms with E-state index in [0.29, 0.717) is 17.9 Å². The first kappa shape index (κ1) is 23.1. The third kappa shape index (κ3) is 5.35. The van der Waals surface area contributed by atoms with E-state index in [0.717, 1.165) is 4.90 Å². The Morgan fingerprint density at radius 3 is 2.69 bits per heavy atom. The number of hydrogen-bond donors (Lipinski definition) is 3. The summed E-state index contributed by atoms with van der Waals surface area (Å²) in [5.41, 5.74) is 0.726. The maximum absolute atomic E-state index is 12.9. The molecular formula is C21H22N4O6S. The number of benzene rings is 2. The Kier molecular flexibility index (Phi) is 7.29. The molecule has 10 nitrogen and oxygen atoms in total. The van der Waals surface area contributed by atoms with Crippen molar-refractivity contribution in [3.63, 3.8) is 0 Å². The highest BCUT2D eigenvalue weighted by Crippen LogP contribution is 2.21. The van der Waals surface area contributed by atoms with Gasteiger partial charge in [0, 0.05) is 25.2 Å². The van der Waals surface area contributed by atoms with Gasteiger partial charge in [0.25, 0.3) is 5.91 Å². The topological polar surface area (TPSA) is 149 Å². The van der Waals surface area contributed by atoms with Crippen molar-refractivity contribution in [2.24, 2.45) is 0 Å². The number of nitrogens with zero attached hydrogens (tertiary/aromatic N) is 2. The summed E-state index contributed by atoms with van der Waals surface area (Å²) in [7, 11) is -3.95. The van der Waals surface area contributed by atoms with E-state index < -0.39 is 27.2 Å². The number of rotatable bonds is 7. The van der Waals surface area contributed by atoms with Gasteiger partial charge in [-0.2, -0.15) is 5.26 Å². The smallest absolute Gasteiger partial charge is 0.408 e. The van der Waals surface area contributed by atoms with Gasteiger partial charge in [0.15, 0.2) is 5.37 Å². The number of carboxylic acid groups (broad SMARTS) is 1. The molecule has 11 heteroatoms. The summed E-state index contributed by atoms with van der Waals surface area (Å²) in [5.74, 6) is 0.107. The van der Waals surface area contributed by atoms with Gasteiger partial charge >= 0.3 is 6.09 Å². The number of nitriles is 1. The van der Waals surface area contributed by atoms with Crippen LogP contribution in [0.3, 0.4) is 0 Å². The zero-order valence-electron chi connectivity index (χ0n) is 17.0. The SMILES string of the molecule is N#Cc1cccc(OCCNC(=O)c2ccc(S(=O)(=O)C3CNCCN3C(=O)O)cc2)c1. The van der Waals surface area contributed by atoms with Crippen molar-refractivity contribution in [3.05, 3.63) is 59.7 Å². The summed E-state index contributed by atoms with van der Waals surface area (Å²) >= 11 is 0. The zero-order valence-corrected chi connectivity index (χ0v) is 17.8. The third-order valence-electron chi connectivity index (χ3n) is 4.86. The maximum Gasteiger partial charge on any atom is 0.408 e. The fourth-order valence-electron chi connectivity index (χ4n) is 3.22.